The summed E-state index contributed by atoms with van der Waals surface area (Å²) in [5.74, 6) is 0. The zero-order valence-corrected chi connectivity index (χ0v) is 6.20. The van der Waals surface area contributed by atoms with Crippen LogP contribution in [0.4, 0.5) is 0 Å². The predicted molar refractivity (Wildman–Crippen MR) is 34.4 cm³/mol. The van der Waals surface area contributed by atoms with Gasteiger partial charge in [-0.05, 0) is 0 Å². The van der Waals surface area contributed by atoms with Gasteiger partial charge in [-0.2, -0.15) is 5.26 Å². The second-order valence-electron chi connectivity index (χ2n) is 1.41. The first-order chi connectivity index (χ1) is 3.95. The first-order valence-electron chi connectivity index (χ1n) is 1.93. The standard InChI is InChI=1S/C4H4ClNO2S/c1-9(7,8)3-4(5)2-6/h3H,1H3/b4-3+. The zero-order valence-electron chi connectivity index (χ0n) is 4.63. The molecule has 0 spiro atoms. The fourth-order valence-electron chi connectivity index (χ4n) is 0.214. The van der Waals surface area contributed by atoms with Crippen molar-refractivity contribution in [2.75, 3.05) is 6.26 Å². The summed E-state index contributed by atoms with van der Waals surface area (Å²) >= 11 is 5.07. The predicted octanol–water partition coefficient (Wildman–Crippen LogP) is 0.635. The molecular weight excluding hydrogens is 162 g/mol. The number of nitrogens with zero attached hydrogens (tertiary/aromatic N) is 1. The van der Waals surface area contributed by atoms with Gasteiger partial charge in [-0.15, -0.1) is 0 Å². The van der Waals surface area contributed by atoms with Gasteiger partial charge in [0, 0.05) is 6.26 Å². The van der Waals surface area contributed by atoms with E-state index in [9.17, 15) is 8.42 Å². The van der Waals surface area contributed by atoms with Gasteiger partial charge in [-0.1, -0.05) is 11.6 Å². The second kappa shape index (κ2) is 2.85. The van der Waals surface area contributed by atoms with E-state index in [0.29, 0.717) is 5.41 Å². The summed E-state index contributed by atoms with van der Waals surface area (Å²) in [4.78, 5) is 0. The van der Waals surface area contributed by atoms with E-state index in [0.717, 1.165) is 6.26 Å². The highest BCUT2D eigenvalue weighted by Gasteiger charge is 1.96. The summed E-state index contributed by atoms with van der Waals surface area (Å²) < 4.78 is 20.6. The monoisotopic (exact) mass is 165 g/mol. The van der Waals surface area contributed by atoms with Crippen molar-refractivity contribution >= 4 is 21.4 Å². The van der Waals surface area contributed by atoms with Crippen molar-refractivity contribution in [3.8, 4) is 6.07 Å². The molecule has 0 heterocycles. The molecule has 0 N–H and O–H groups in total. The Morgan fingerprint density at radius 2 is 2.22 bits per heavy atom. The Morgan fingerprint density at radius 1 is 1.78 bits per heavy atom. The van der Waals surface area contributed by atoms with Crippen LogP contribution < -0.4 is 0 Å². The van der Waals surface area contributed by atoms with E-state index >= 15 is 0 Å². The third-order valence-electron chi connectivity index (χ3n) is 0.424. The Kier molecular flexibility index (Phi) is 2.68. The van der Waals surface area contributed by atoms with Crippen molar-refractivity contribution < 1.29 is 8.42 Å². The quantitative estimate of drug-likeness (QED) is 0.536. The smallest absolute Gasteiger partial charge is 0.170 e. The van der Waals surface area contributed by atoms with Gasteiger partial charge in [-0.3, -0.25) is 0 Å². The molecule has 0 saturated carbocycles. The maximum absolute atomic E-state index is 10.3. The van der Waals surface area contributed by atoms with Gasteiger partial charge in [0.25, 0.3) is 0 Å². The first kappa shape index (κ1) is 8.47. The van der Waals surface area contributed by atoms with E-state index in [4.69, 9.17) is 16.9 Å². The van der Waals surface area contributed by atoms with E-state index in [1.807, 2.05) is 0 Å². The lowest BCUT2D eigenvalue weighted by molar-refractivity contribution is 0.610. The van der Waals surface area contributed by atoms with Crippen molar-refractivity contribution in [1.29, 1.82) is 5.26 Å². The minimum absolute atomic E-state index is 0.322. The van der Waals surface area contributed by atoms with Crippen molar-refractivity contribution in [2.24, 2.45) is 0 Å². The van der Waals surface area contributed by atoms with Crippen LogP contribution in [0.1, 0.15) is 0 Å². The topological polar surface area (TPSA) is 57.9 Å². The number of rotatable bonds is 1. The first-order valence-corrected chi connectivity index (χ1v) is 4.26. The van der Waals surface area contributed by atoms with Crippen LogP contribution in [-0.2, 0) is 9.84 Å². The average molecular weight is 166 g/mol. The Bertz CT molecular complexity index is 259. The maximum atomic E-state index is 10.3. The maximum Gasteiger partial charge on any atom is 0.170 e. The van der Waals surface area contributed by atoms with Gasteiger partial charge in [0.2, 0.25) is 0 Å². The highest BCUT2D eigenvalue weighted by atomic mass is 35.5. The Morgan fingerprint density at radius 3 is 2.33 bits per heavy atom. The van der Waals surface area contributed by atoms with E-state index in [-0.39, 0.29) is 5.03 Å². The lowest BCUT2D eigenvalue weighted by Gasteiger charge is -1.81. The molecule has 0 aromatic rings. The van der Waals surface area contributed by atoms with Gasteiger partial charge < -0.3 is 0 Å². The number of hydrogen-bond acceptors (Lipinski definition) is 3. The molecule has 0 fully saturated rings. The second-order valence-corrected chi connectivity index (χ2v) is 3.71. The van der Waals surface area contributed by atoms with E-state index < -0.39 is 9.84 Å². The molecule has 0 aliphatic carbocycles. The van der Waals surface area contributed by atoms with Crippen molar-refractivity contribution in [1.82, 2.24) is 0 Å². The number of hydrogen-bond donors (Lipinski definition) is 0. The molecule has 50 valence electrons. The van der Waals surface area contributed by atoms with Crippen LogP contribution in [0.3, 0.4) is 0 Å². The Labute approximate surface area is 58.5 Å². The third kappa shape index (κ3) is 5.34. The number of nitriles is 1. The van der Waals surface area contributed by atoms with Crippen molar-refractivity contribution in [2.45, 2.75) is 0 Å². The Hall–Kier alpha value is -0.530. The highest BCUT2D eigenvalue weighted by molar-refractivity contribution is 7.93. The summed E-state index contributed by atoms with van der Waals surface area (Å²) in [6, 6.07) is 1.47. The molecule has 0 radical (unpaired) electrons. The van der Waals surface area contributed by atoms with Gasteiger partial charge in [0.15, 0.2) is 9.84 Å². The average Bonchev–Trinajstić information content (AvgIpc) is 1.62. The molecule has 0 saturated heterocycles. The molecule has 5 heteroatoms. The van der Waals surface area contributed by atoms with Crippen LogP contribution in [0.15, 0.2) is 10.4 Å². The molecular formula is C4H4ClNO2S. The number of halogens is 1. The fourth-order valence-corrected chi connectivity index (χ4v) is 1.13. The van der Waals surface area contributed by atoms with Gasteiger partial charge in [0.05, 0.1) is 5.41 Å². The van der Waals surface area contributed by atoms with E-state index in [1.165, 1.54) is 6.07 Å². The van der Waals surface area contributed by atoms with E-state index in [2.05, 4.69) is 0 Å². The SMILES string of the molecule is CS(=O)(=O)/C=C(/Cl)C#N. The largest absolute Gasteiger partial charge is 0.225 e. The van der Waals surface area contributed by atoms with E-state index in [1.54, 1.807) is 0 Å². The van der Waals surface area contributed by atoms with Gasteiger partial charge >= 0.3 is 0 Å². The molecule has 0 unspecified atom stereocenters. The molecule has 0 atom stereocenters. The molecule has 0 aliphatic heterocycles. The van der Waals surface area contributed by atoms with Crippen LogP contribution in [0, 0.1) is 11.3 Å². The van der Waals surface area contributed by atoms with Crippen LogP contribution in [0.5, 0.6) is 0 Å². The van der Waals surface area contributed by atoms with Gasteiger partial charge in [0.1, 0.15) is 11.1 Å². The number of allylic oxidation sites excluding steroid dienone is 1. The van der Waals surface area contributed by atoms with Crippen LogP contribution in [-0.4, -0.2) is 14.7 Å². The Balaban J connectivity index is 4.58. The molecule has 0 aromatic carbocycles. The number of sulfone groups is 1. The van der Waals surface area contributed by atoms with Crippen LogP contribution >= 0.6 is 11.6 Å². The molecule has 0 aromatic heterocycles. The zero-order chi connectivity index (χ0) is 7.49. The van der Waals surface area contributed by atoms with Crippen molar-refractivity contribution in [3.63, 3.8) is 0 Å². The molecule has 9 heavy (non-hydrogen) atoms. The summed E-state index contributed by atoms with van der Waals surface area (Å²) in [6.45, 7) is 0. The minimum atomic E-state index is -3.25. The molecule has 0 amide bonds. The van der Waals surface area contributed by atoms with Crippen LogP contribution in [0.2, 0.25) is 0 Å². The summed E-state index contributed by atoms with van der Waals surface area (Å²) in [6.07, 6.45) is 0.965. The fraction of sp³-hybridized carbons (Fsp3) is 0.250. The molecule has 3 nitrogen and oxygen atoms in total. The third-order valence-corrected chi connectivity index (χ3v) is 1.41. The molecule has 0 rings (SSSR count). The van der Waals surface area contributed by atoms with Gasteiger partial charge in [-0.25, -0.2) is 8.42 Å². The lowest BCUT2D eigenvalue weighted by Crippen LogP contribution is -1.88. The normalized spacial score (nSPS) is 12.8. The molecule has 0 aliphatic rings. The lowest BCUT2D eigenvalue weighted by atomic mass is 10.7. The minimum Gasteiger partial charge on any atom is -0.225 e. The highest BCUT2D eigenvalue weighted by Crippen LogP contribution is 2.00. The summed E-state index contributed by atoms with van der Waals surface area (Å²) in [7, 11) is -3.25. The molecule has 0 bridgehead atoms. The van der Waals surface area contributed by atoms with Crippen LogP contribution in [0.25, 0.3) is 0 Å². The summed E-state index contributed by atoms with van der Waals surface area (Å²) in [5.41, 5.74) is 0. The summed E-state index contributed by atoms with van der Waals surface area (Å²) in [5, 5.41) is 8.36. The van der Waals surface area contributed by atoms with Crippen molar-refractivity contribution in [3.05, 3.63) is 10.4 Å².